The van der Waals surface area contributed by atoms with Crippen molar-refractivity contribution < 1.29 is 0 Å². The maximum Gasteiger partial charge on any atom is 0.190 e. The fraction of sp³-hybridized carbons (Fsp3) is 1.00. The quantitative estimate of drug-likeness (QED) is 0.311. The topological polar surface area (TPSA) is 0 Å². The third kappa shape index (κ3) is 14.9. The molecule has 0 unspecified atom stereocenters. The summed E-state index contributed by atoms with van der Waals surface area (Å²) < 4.78 is -1.04. The van der Waals surface area contributed by atoms with Gasteiger partial charge in [-0.05, 0) is 12.8 Å². The average Bonchev–Trinajstić information content (AvgIpc) is 2.19. The van der Waals surface area contributed by atoms with Crippen LogP contribution in [0.2, 0.25) is 0 Å². The Morgan fingerprint density at radius 3 is 1.38 bits per heavy atom. The van der Waals surface area contributed by atoms with Crippen molar-refractivity contribution >= 4 is 34.8 Å². The summed E-state index contributed by atoms with van der Waals surface area (Å²) >= 11 is 17.0. The molecule has 0 amide bonds. The first-order chi connectivity index (χ1) is 7.56. The molecule has 0 aromatic rings. The largest absolute Gasteiger partial charge is 0.190 e. The van der Waals surface area contributed by atoms with Gasteiger partial charge < -0.3 is 0 Å². The van der Waals surface area contributed by atoms with Crippen LogP contribution in [0.5, 0.6) is 0 Å². The Hall–Kier alpha value is 0.870. The predicted octanol–water partition coefficient (Wildman–Crippen LogP) is 6.67. The minimum atomic E-state index is -1.04. The molecule has 0 fully saturated rings. The van der Waals surface area contributed by atoms with Gasteiger partial charge in [0.25, 0.3) is 0 Å². The summed E-state index contributed by atoms with van der Waals surface area (Å²) in [6.45, 7) is 2.25. The molecule has 0 spiro atoms. The predicted molar refractivity (Wildman–Crippen MR) is 76.8 cm³/mol. The number of alkyl halides is 3. The minimum absolute atomic E-state index is 0.689. The zero-order valence-electron chi connectivity index (χ0n) is 10.4. The number of rotatable bonds is 10. The molecule has 0 aliphatic heterocycles. The summed E-state index contributed by atoms with van der Waals surface area (Å²) in [6, 6.07) is 0. The van der Waals surface area contributed by atoms with Gasteiger partial charge in [-0.3, -0.25) is 0 Å². The molecule has 0 bridgehead atoms. The van der Waals surface area contributed by atoms with Gasteiger partial charge in [0.1, 0.15) is 0 Å². The molecule has 0 aromatic heterocycles. The monoisotopic (exact) mass is 286 g/mol. The molecule has 0 aromatic carbocycles. The maximum absolute atomic E-state index is 5.68. The minimum Gasteiger partial charge on any atom is -0.0837 e. The summed E-state index contributed by atoms with van der Waals surface area (Å²) in [6.07, 6.45) is 13.8. The van der Waals surface area contributed by atoms with Gasteiger partial charge >= 0.3 is 0 Å². The number of hydrogen-bond donors (Lipinski definition) is 0. The van der Waals surface area contributed by atoms with Crippen LogP contribution in [0.4, 0.5) is 0 Å². The zero-order chi connectivity index (χ0) is 12.3. The normalized spacial score (nSPS) is 12.0. The lowest BCUT2D eigenvalue weighted by atomic mass is 10.1. The second kappa shape index (κ2) is 11.0. The molecule has 0 aliphatic carbocycles. The molecule has 0 nitrogen and oxygen atoms in total. The highest BCUT2D eigenvalue weighted by Gasteiger charge is 2.17. The zero-order valence-corrected chi connectivity index (χ0v) is 12.7. The van der Waals surface area contributed by atoms with Crippen LogP contribution in [0, 0.1) is 0 Å². The van der Waals surface area contributed by atoms with Crippen LogP contribution >= 0.6 is 34.8 Å². The van der Waals surface area contributed by atoms with Crippen molar-refractivity contribution in [3.63, 3.8) is 0 Å². The Morgan fingerprint density at radius 1 is 0.625 bits per heavy atom. The lowest BCUT2D eigenvalue weighted by Gasteiger charge is -2.09. The maximum atomic E-state index is 5.68. The highest BCUT2D eigenvalue weighted by molar-refractivity contribution is 6.67. The molecular weight excluding hydrogens is 263 g/mol. The summed E-state index contributed by atoms with van der Waals surface area (Å²) in [4.78, 5) is 0. The SMILES string of the molecule is CCCCCCCCCCCCC(Cl)(Cl)Cl. The summed E-state index contributed by atoms with van der Waals surface area (Å²) in [5.41, 5.74) is 0. The van der Waals surface area contributed by atoms with Gasteiger partial charge in [0.05, 0.1) is 0 Å². The van der Waals surface area contributed by atoms with Crippen molar-refractivity contribution in [2.75, 3.05) is 0 Å². The van der Waals surface area contributed by atoms with E-state index in [9.17, 15) is 0 Å². The Morgan fingerprint density at radius 2 is 1.00 bits per heavy atom. The van der Waals surface area contributed by atoms with E-state index in [1.165, 1.54) is 57.8 Å². The van der Waals surface area contributed by atoms with E-state index in [0.29, 0.717) is 6.42 Å². The second-order valence-corrected chi connectivity index (χ2v) is 7.06. The molecule has 0 saturated carbocycles. The van der Waals surface area contributed by atoms with Gasteiger partial charge in [-0.25, -0.2) is 0 Å². The van der Waals surface area contributed by atoms with E-state index < -0.39 is 3.79 Å². The molecule has 0 atom stereocenters. The third-order valence-corrected chi connectivity index (χ3v) is 3.38. The molecule has 0 aliphatic rings. The fourth-order valence-electron chi connectivity index (χ4n) is 1.81. The highest BCUT2D eigenvalue weighted by atomic mass is 35.6. The lowest BCUT2D eigenvalue weighted by Crippen LogP contribution is -2.00. The molecule has 0 heterocycles. The van der Waals surface area contributed by atoms with Gasteiger partial charge in [-0.1, -0.05) is 99.5 Å². The molecular formula is C13H25Cl3. The van der Waals surface area contributed by atoms with Gasteiger partial charge in [-0.2, -0.15) is 0 Å². The summed E-state index contributed by atoms with van der Waals surface area (Å²) in [7, 11) is 0. The van der Waals surface area contributed by atoms with E-state index in [1.54, 1.807) is 0 Å². The first-order valence-corrected chi connectivity index (χ1v) is 7.76. The van der Waals surface area contributed by atoms with Crippen LogP contribution in [0.3, 0.4) is 0 Å². The Kier molecular flexibility index (Phi) is 11.6. The van der Waals surface area contributed by atoms with E-state index in [-0.39, 0.29) is 0 Å². The van der Waals surface area contributed by atoms with E-state index >= 15 is 0 Å². The standard InChI is InChI=1S/C13H25Cl3/c1-2-3-4-5-6-7-8-9-10-11-12-13(14,15)16/h2-12H2,1H3. The molecule has 0 saturated heterocycles. The molecule has 0 N–H and O–H groups in total. The van der Waals surface area contributed by atoms with Crippen molar-refractivity contribution in [2.24, 2.45) is 0 Å². The number of unbranched alkanes of at least 4 members (excludes halogenated alkanes) is 9. The van der Waals surface area contributed by atoms with E-state index in [2.05, 4.69) is 6.92 Å². The van der Waals surface area contributed by atoms with Crippen LogP contribution in [-0.2, 0) is 0 Å². The second-order valence-electron chi connectivity index (χ2n) is 4.55. The van der Waals surface area contributed by atoms with Gasteiger partial charge in [0.2, 0.25) is 0 Å². The van der Waals surface area contributed by atoms with Gasteiger partial charge in [0, 0.05) is 0 Å². The van der Waals surface area contributed by atoms with E-state index in [0.717, 1.165) is 6.42 Å². The van der Waals surface area contributed by atoms with Crippen LogP contribution in [0.15, 0.2) is 0 Å². The highest BCUT2D eigenvalue weighted by Crippen LogP contribution is 2.32. The van der Waals surface area contributed by atoms with Crippen LogP contribution < -0.4 is 0 Å². The smallest absolute Gasteiger partial charge is 0.0837 e. The number of halogens is 3. The fourth-order valence-corrected chi connectivity index (χ4v) is 2.21. The average molecular weight is 288 g/mol. The molecule has 98 valence electrons. The van der Waals surface area contributed by atoms with Gasteiger partial charge in [0.15, 0.2) is 3.79 Å². The van der Waals surface area contributed by atoms with Crippen molar-refractivity contribution in [2.45, 2.75) is 81.3 Å². The Bertz CT molecular complexity index is 141. The number of hydrogen-bond acceptors (Lipinski definition) is 0. The Labute approximate surface area is 116 Å². The van der Waals surface area contributed by atoms with Crippen molar-refractivity contribution in [1.29, 1.82) is 0 Å². The Balaban J connectivity index is 2.99. The summed E-state index contributed by atoms with van der Waals surface area (Å²) in [5, 5.41) is 0. The molecule has 3 heteroatoms. The van der Waals surface area contributed by atoms with Crippen LogP contribution in [-0.4, -0.2) is 3.79 Å². The van der Waals surface area contributed by atoms with E-state index in [1.807, 2.05) is 0 Å². The van der Waals surface area contributed by atoms with Crippen LogP contribution in [0.1, 0.15) is 77.6 Å². The lowest BCUT2D eigenvalue weighted by molar-refractivity contribution is 0.551. The van der Waals surface area contributed by atoms with Gasteiger partial charge in [-0.15, -0.1) is 0 Å². The third-order valence-electron chi connectivity index (χ3n) is 2.81. The van der Waals surface area contributed by atoms with E-state index in [4.69, 9.17) is 34.8 Å². The molecule has 0 radical (unpaired) electrons. The van der Waals surface area contributed by atoms with Crippen molar-refractivity contribution in [3.8, 4) is 0 Å². The van der Waals surface area contributed by atoms with Crippen LogP contribution in [0.25, 0.3) is 0 Å². The molecule has 16 heavy (non-hydrogen) atoms. The first-order valence-electron chi connectivity index (χ1n) is 6.63. The molecule has 0 rings (SSSR count). The van der Waals surface area contributed by atoms with Crippen molar-refractivity contribution in [3.05, 3.63) is 0 Å². The van der Waals surface area contributed by atoms with Crippen molar-refractivity contribution in [1.82, 2.24) is 0 Å². The summed E-state index contributed by atoms with van der Waals surface area (Å²) in [5.74, 6) is 0. The first kappa shape index (κ1) is 16.9.